The summed E-state index contributed by atoms with van der Waals surface area (Å²) in [6, 6.07) is 71.7. The SMILES string of the molecule is c1c(-c2ccccc2-n2c3c(c4ccccc42)C=CCC3)ccc(N(c2ccccc2-c2cccc3oc4ccccc4c23)c2cccc3oc4c5ccccc5ccc4c23)c#1. The van der Waals surface area contributed by atoms with Gasteiger partial charge in [-0.3, -0.25) is 0 Å². The van der Waals surface area contributed by atoms with Crippen molar-refractivity contribution in [3.8, 4) is 27.9 Å². The lowest BCUT2D eigenvalue weighted by atomic mass is 9.96. The van der Waals surface area contributed by atoms with Crippen LogP contribution in [0.5, 0.6) is 0 Å². The van der Waals surface area contributed by atoms with Crippen LogP contribution in [-0.2, 0) is 6.42 Å². The van der Waals surface area contributed by atoms with Crippen LogP contribution >= 0.6 is 0 Å². The number of fused-ring (bicyclic) bond motifs is 11. The van der Waals surface area contributed by atoms with E-state index in [0.29, 0.717) is 0 Å². The van der Waals surface area contributed by atoms with Crippen molar-refractivity contribution in [3.63, 3.8) is 0 Å². The van der Waals surface area contributed by atoms with Crippen LogP contribution in [0, 0.1) is 12.1 Å². The van der Waals surface area contributed by atoms with E-state index in [1.165, 1.54) is 22.2 Å². The molecule has 0 radical (unpaired) electrons. The molecule has 1 aliphatic rings. The fourth-order valence-corrected chi connectivity index (χ4v) is 10.0. The Labute approximate surface area is 357 Å². The highest BCUT2D eigenvalue weighted by Gasteiger charge is 2.25. The summed E-state index contributed by atoms with van der Waals surface area (Å²) in [7, 11) is 0. The number of aromatic nitrogens is 1. The van der Waals surface area contributed by atoms with Crippen LogP contribution in [0.1, 0.15) is 17.7 Å². The van der Waals surface area contributed by atoms with Gasteiger partial charge in [-0.15, -0.1) is 0 Å². The number of para-hydroxylation sites is 4. The molecule has 3 aromatic heterocycles. The Kier molecular flexibility index (Phi) is 7.61. The van der Waals surface area contributed by atoms with Crippen LogP contribution in [0.2, 0.25) is 0 Å². The molecule has 9 aromatic carbocycles. The van der Waals surface area contributed by atoms with Crippen molar-refractivity contribution in [3.05, 3.63) is 211 Å². The first-order chi connectivity index (χ1) is 30.8. The molecule has 290 valence electrons. The minimum Gasteiger partial charge on any atom is -0.456 e. The van der Waals surface area contributed by atoms with E-state index in [1.54, 1.807) is 0 Å². The first-order valence-electron chi connectivity index (χ1n) is 21.2. The Morgan fingerprint density at radius 2 is 1.19 bits per heavy atom. The Morgan fingerprint density at radius 1 is 0.484 bits per heavy atom. The molecule has 0 atom stereocenters. The van der Waals surface area contributed by atoms with Gasteiger partial charge >= 0.3 is 0 Å². The van der Waals surface area contributed by atoms with Crippen LogP contribution in [0.4, 0.5) is 17.1 Å². The summed E-state index contributed by atoms with van der Waals surface area (Å²) in [4.78, 5) is 2.33. The molecule has 0 fully saturated rings. The Morgan fingerprint density at radius 3 is 2.10 bits per heavy atom. The number of anilines is 3. The van der Waals surface area contributed by atoms with E-state index in [-0.39, 0.29) is 0 Å². The second-order valence-corrected chi connectivity index (χ2v) is 16.1. The van der Waals surface area contributed by atoms with Gasteiger partial charge in [0.25, 0.3) is 0 Å². The molecule has 13 rings (SSSR count). The van der Waals surface area contributed by atoms with Crippen molar-refractivity contribution in [2.45, 2.75) is 12.8 Å². The topological polar surface area (TPSA) is 34.5 Å². The largest absolute Gasteiger partial charge is 0.456 e. The molecule has 1 aliphatic carbocycles. The highest BCUT2D eigenvalue weighted by Crippen LogP contribution is 2.48. The van der Waals surface area contributed by atoms with Crippen LogP contribution in [0.15, 0.2) is 197 Å². The third-order valence-electron chi connectivity index (χ3n) is 12.7. The van der Waals surface area contributed by atoms with Crippen LogP contribution < -0.4 is 4.90 Å². The Bertz CT molecular complexity index is 3770. The third kappa shape index (κ3) is 5.16. The molecule has 0 unspecified atom stereocenters. The molecule has 0 bridgehead atoms. The van der Waals surface area contributed by atoms with Gasteiger partial charge in [0.05, 0.1) is 33.7 Å². The first-order valence-corrected chi connectivity index (χ1v) is 21.2. The van der Waals surface area contributed by atoms with Gasteiger partial charge in [0.2, 0.25) is 0 Å². The number of nitrogens with zero attached hydrogens (tertiary/aromatic N) is 2. The third-order valence-corrected chi connectivity index (χ3v) is 12.7. The molecule has 0 N–H and O–H groups in total. The summed E-state index contributed by atoms with van der Waals surface area (Å²) in [6.45, 7) is 0. The van der Waals surface area contributed by atoms with E-state index in [2.05, 4.69) is 204 Å². The summed E-state index contributed by atoms with van der Waals surface area (Å²) in [5.41, 5.74) is 15.5. The fourth-order valence-electron chi connectivity index (χ4n) is 10.0. The van der Waals surface area contributed by atoms with E-state index in [1.807, 2.05) is 12.1 Å². The van der Waals surface area contributed by atoms with Crippen molar-refractivity contribution in [2.24, 2.45) is 0 Å². The second kappa shape index (κ2) is 13.6. The maximum Gasteiger partial charge on any atom is 0.143 e. The van der Waals surface area contributed by atoms with Crippen LogP contribution in [-0.4, -0.2) is 4.57 Å². The molecule has 3 heterocycles. The molecular formula is C58H36N2O2. The Hall–Kier alpha value is -8.26. The van der Waals surface area contributed by atoms with Crippen molar-refractivity contribution in [1.29, 1.82) is 0 Å². The van der Waals surface area contributed by atoms with Crippen molar-refractivity contribution >= 4 is 88.7 Å². The van der Waals surface area contributed by atoms with Crippen molar-refractivity contribution in [1.82, 2.24) is 4.57 Å². The lowest BCUT2D eigenvalue weighted by Gasteiger charge is -2.27. The maximum absolute atomic E-state index is 6.77. The van der Waals surface area contributed by atoms with Gasteiger partial charge in [0.15, 0.2) is 0 Å². The summed E-state index contributed by atoms with van der Waals surface area (Å²) in [6.07, 6.45) is 6.61. The lowest BCUT2D eigenvalue weighted by molar-refractivity contribution is 0.669. The van der Waals surface area contributed by atoms with Gasteiger partial charge in [-0.05, 0) is 90.5 Å². The molecule has 4 heteroatoms. The van der Waals surface area contributed by atoms with E-state index in [4.69, 9.17) is 8.83 Å². The standard InChI is InChI=1S/C58H36N2O2/c1-2-17-41-37(15-1)33-36-47-57-52(27-14-30-55(57)62-58(41)47)59(49-24-9-6-20-44(49)45-22-13-29-54-56(45)46-21-7-12-28-53(46)61-54)39-34-31-38(32-35-39)40-16-3-8-23-48(40)60-50-25-10-4-18-42(50)43-19-5-11-26-51(43)60/h1-10,12-25,27-31,33-34,36H,11,26H2. The normalized spacial score (nSPS) is 12.5. The van der Waals surface area contributed by atoms with Gasteiger partial charge in [0.1, 0.15) is 22.3 Å². The molecule has 0 saturated heterocycles. The molecule has 0 spiro atoms. The highest BCUT2D eigenvalue weighted by atomic mass is 16.3. The van der Waals surface area contributed by atoms with E-state index in [9.17, 15) is 0 Å². The van der Waals surface area contributed by atoms with E-state index in [0.717, 1.165) is 112 Å². The van der Waals surface area contributed by atoms with Gasteiger partial charge in [-0.2, -0.15) is 0 Å². The van der Waals surface area contributed by atoms with Crippen molar-refractivity contribution < 1.29 is 8.83 Å². The van der Waals surface area contributed by atoms with E-state index >= 15 is 0 Å². The highest BCUT2D eigenvalue weighted by molar-refractivity contribution is 6.20. The maximum atomic E-state index is 6.77. The smallest absolute Gasteiger partial charge is 0.143 e. The zero-order chi connectivity index (χ0) is 40.7. The van der Waals surface area contributed by atoms with E-state index < -0.39 is 0 Å². The summed E-state index contributed by atoms with van der Waals surface area (Å²) in [5, 5.41) is 7.79. The molecule has 0 saturated carbocycles. The summed E-state index contributed by atoms with van der Waals surface area (Å²) in [5.74, 6) is 0. The number of rotatable bonds is 6. The molecule has 0 amide bonds. The van der Waals surface area contributed by atoms with Gasteiger partial charge in [-0.25, -0.2) is 0 Å². The first kappa shape index (κ1) is 34.6. The number of hydrogen-bond donors (Lipinski definition) is 0. The molecule has 0 aliphatic heterocycles. The lowest BCUT2D eigenvalue weighted by Crippen LogP contribution is -2.11. The van der Waals surface area contributed by atoms with Gasteiger partial charge in [0, 0.05) is 54.9 Å². The predicted molar refractivity (Wildman–Crippen MR) is 256 cm³/mol. The van der Waals surface area contributed by atoms with Gasteiger partial charge in [-0.1, -0.05) is 140 Å². The summed E-state index contributed by atoms with van der Waals surface area (Å²) >= 11 is 0. The Balaban J connectivity index is 1.04. The second-order valence-electron chi connectivity index (χ2n) is 16.1. The molecule has 12 aromatic rings. The molecule has 4 nitrogen and oxygen atoms in total. The molecular weight excluding hydrogens is 757 g/mol. The average Bonchev–Trinajstić information content (AvgIpc) is 4.02. The zero-order valence-corrected chi connectivity index (χ0v) is 33.6. The van der Waals surface area contributed by atoms with Crippen LogP contribution in [0.3, 0.4) is 0 Å². The number of furan rings is 2. The quantitative estimate of drug-likeness (QED) is 0.168. The number of allylic oxidation sites excluding steroid dienone is 1. The molecule has 62 heavy (non-hydrogen) atoms. The zero-order valence-electron chi connectivity index (χ0n) is 33.6. The predicted octanol–water partition coefficient (Wildman–Crippen LogP) is 15.9. The number of benzene rings is 8. The van der Waals surface area contributed by atoms with Crippen LogP contribution in [0.25, 0.3) is 99.6 Å². The van der Waals surface area contributed by atoms with Gasteiger partial charge < -0.3 is 18.3 Å². The monoisotopic (exact) mass is 792 g/mol. The summed E-state index contributed by atoms with van der Waals surface area (Å²) < 4.78 is 15.6. The minimum absolute atomic E-state index is 0.825. The number of hydrogen-bond acceptors (Lipinski definition) is 3. The van der Waals surface area contributed by atoms with Crippen molar-refractivity contribution in [2.75, 3.05) is 4.90 Å². The average molecular weight is 793 g/mol. The minimum atomic E-state index is 0.825. The fraction of sp³-hybridized carbons (Fsp3) is 0.0345.